The third kappa shape index (κ3) is 5.34. The Morgan fingerprint density at radius 1 is 1.41 bits per heavy atom. The van der Waals surface area contributed by atoms with Crippen LogP contribution in [0.1, 0.15) is 47.0 Å². The molecule has 0 unspecified atom stereocenters. The molecule has 0 N–H and O–H groups in total. The summed E-state index contributed by atoms with van der Waals surface area (Å²) in [4.78, 5) is 26.6. The number of cyclic esters (lactones) is 1. The summed E-state index contributed by atoms with van der Waals surface area (Å²) < 4.78 is 11.5. The van der Waals surface area contributed by atoms with Gasteiger partial charge < -0.3 is 14.4 Å². The molecule has 0 aromatic heterocycles. The summed E-state index contributed by atoms with van der Waals surface area (Å²) in [6.45, 7) is 13.3. The number of carbonyl (C=O) groups excluding carboxylic acids is 2. The van der Waals surface area contributed by atoms with Crippen LogP contribution in [0, 0.1) is 5.92 Å². The highest BCUT2D eigenvalue weighted by Gasteiger charge is 2.49. The van der Waals surface area contributed by atoms with Gasteiger partial charge in [-0.2, -0.15) is 0 Å². The van der Waals surface area contributed by atoms with Gasteiger partial charge in [-0.05, 0) is 32.6 Å². The summed E-state index contributed by atoms with van der Waals surface area (Å²) in [7, 11) is 0. The van der Waals surface area contributed by atoms with Crippen molar-refractivity contribution in [1.82, 2.24) is 4.90 Å². The Morgan fingerprint density at radius 2 is 2.07 bits per heavy atom. The molecule has 5 heteroatoms. The van der Waals surface area contributed by atoms with Crippen LogP contribution in [0.15, 0.2) is 48.2 Å². The molecule has 2 rings (SSSR count). The van der Waals surface area contributed by atoms with Crippen LogP contribution >= 0.6 is 0 Å². The summed E-state index contributed by atoms with van der Waals surface area (Å²) in [5.74, 6) is -0.565. The fraction of sp³-hybridized carbons (Fsp3) is 0.545. The van der Waals surface area contributed by atoms with E-state index < -0.39 is 17.7 Å². The van der Waals surface area contributed by atoms with Crippen molar-refractivity contribution in [3.8, 4) is 0 Å². The van der Waals surface area contributed by atoms with Crippen molar-refractivity contribution in [2.75, 3.05) is 13.1 Å². The minimum absolute atomic E-state index is 0.249. The Hall–Kier alpha value is -2.30. The highest BCUT2D eigenvalue weighted by atomic mass is 16.6. The van der Waals surface area contributed by atoms with Crippen LogP contribution in [0.5, 0.6) is 0 Å². The standard InChI is InChI=1S/C22H31NO4/c1-6-17(4)10-11-19(26-20(24)12-9-16(2)3)22(5)18(15-21(25)27-22)23-13-7-8-14-23/h6,9-10,12,15-16,19H,1,7-8,11,13-14H2,2-5H3/b12-9+,17-10+/t19-,22-/m1/s1. The molecule has 0 radical (unpaired) electrons. The first-order valence-electron chi connectivity index (χ1n) is 9.64. The second-order valence-corrected chi connectivity index (χ2v) is 7.67. The van der Waals surface area contributed by atoms with Gasteiger partial charge in [0.05, 0.1) is 5.70 Å². The van der Waals surface area contributed by atoms with Gasteiger partial charge in [0.1, 0.15) is 0 Å². The number of rotatable bonds is 8. The van der Waals surface area contributed by atoms with Gasteiger partial charge in [0.15, 0.2) is 11.7 Å². The smallest absolute Gasteiger partial charge is 0.333 e. The Bertz CT molecular complexity index is 668. The van der Waals surface area contributed by atoms with Crippen LogP contribution in [0.2, 0.25) is 0 Å². The van der Waals surface area contributed by atoms with Crippen molar-refractivity contribution < 1.29 is 19.1 Å². The lowest BCUT2D eigenvalue weighted by Crippen LogP contribution is -2.48. The lowest BCUT2D eigenvalue weighted by Gasteiger charge is -2.37. The maximum atomic E-state index is 12.4. The first-order chi connectivity index (χ1) is 12.8. The van der Waals surface area contributed by atoms with E-state index in [1.54, 1.807) is 18.2 Å². The SMILES string of the molecule is C=C/C(C)=C/C[C@@H](OC(=O)/C=C/C(C)C)[C@]1(C)OC(=O)C=C1N1CCCC1. The predicted octanol–water partition coefficient (Wildman–Crippen LogP) is 3.93. The van der Waals surface area contributed by atoms with Gasteiger partial charge in [-0.3, -0.25) is 0 Å². The quantitative estimate of drug-likeness (QED) is 0.367. The van der Waals surface area contributed by atoms with E-state index in [1.807, 2.05) is 33.8 Å². The molecule has 1 saturated heterocycles. The van der Waals surface area contributed by atoms with E-state index in [0.29, 0.717) is 6.42 Å². The van der Waals surface area contributed by atoms with Crippen LogP contribution in [0.4, 0.5) is 0 Å². The van der Waals surface area contributed by atoms with Crippen molar-refractivity contribution in [3.63, 3.8) is 0 Å². The molecule has 1 fully saturated rings. The van der Waals surface area contributed by atoms with Crippen LogP contribution in [0.3, 0.4) is 0 Å². The van der Waals surface area contributed by atoms with Gasteiger partial charge in [0, 0.05) is 31.7 Å². The van der Waals surface area contributed by atoms with Gasteiger partial charge in [-0.1, -0.05) is 44.2 Å². The number of hydrogen-bond donors (Lipinski definition) is 0. The summed E-state index contributed by atoms with van der Waals surface area (Å²) in [6, 6.07) is 0. The molecule has 2 atom stereocenters. The van der Waals surface area contributed by atoms with E-state index in [2.05, 4.69) is 11.5 Å². The molecule has 2 heterocycles. The van der Waals surface area contributed by atoms with Gasteiger partial charge in [-0.15, -0.1) is 0 Å². The minimum Gasteiger partial charge on any atom is -0.454 e. The Balaban J connectivity index is 2.29. The minimum atomic E-state index is -0.999. The number of esters is 2. The monoisotopic (exact) mass is 373 g/mol. The normalized spacial score (nSPS) is 24.3. The average molecular weight is 373 g/mol. The van der Waals surface area contributed by atoms with Crippen molar-refractivity contribution in [1.29, 1.82) is 0 Å². The Kier molecular flexibility index (Phi) is 7.05. The van der Waals surface area contributed by atoms with E-state index in [9.17, 15) is 9.59 Å². The Morgan fingerprint density at radius 3 is 2.67 bits per heavy atom. The number of carbonyl (C=O) groups is 2. The van der Waals surface area contributed by atoms with Gasteiger partial charge in [0.2, 0.25) is 0 Å². The number of hydrogen-bond acceptors (Lipinski definition) is 5. The second-order valence-electron chi connectivity index (χ2n) is 7.67. The van der Waals surface area contributed by atoms with Crippen LogP contribution in [0.25, 0.3) is 0 Å². The highest BCUT2D eigenvalue weighted by molar-refractivity contribution is 5.87. The average Bonchev–Trinajstić information content (AvgIpc) is 3.24. The Labute approximate surface area is 162 Å². The molecule has 0 saturated carbocycles. The van der Waals surface area contributed by atoms with E-state index in [0.717, 1.165) is 37.2 Å². The molecule has 0 aromatic carbocycles. The van der Waals surface area contributed by atoms with Crippen molar-refractivity contribution in [2.45, 2.75) is 58.7 Å². The zero-order valence-corrected chi connectivity index (χ0v) is 16.9. The largest absolute Gasteiger partial charge is 0.454 e. The molecule has 2 aliphatic heterocycles. The third-order valence-electron chi connectivity index (χ3n) is 4.99. The molecule has 0 spiro atoms. The van der Waals surface area contributed by atoms with Crippen LogP contribution < -0.4 is 0 Å². The lowest BCUT2D eigenvalue weighted by atomic mass is 9.91. The zero-order valence-electron chi connectivity index (χ0n) is 16.9. The van der Waals surface area contributed by atoms with Gasteiger partial charge >= 0.3 is 11.9 Å². The fourth-order valence-electron chi connectivity index (χ4n) is 3.35. The van der Waals surface area contributed by atoms with Crippen molar-refractivity contribution in [3.05, 3.63) is 48.2 Å². The molecule has 0 amide bonds. The lowest BCUT2D eigenvalue weighted by molar-refractivity contribution is -0.169. The first kappa shape index (κ1) is 21.0. The first-order valence-corrected chi connectivity index (χ1v) is 9.64. The predicted molar refractivity (Wildman–Crippen MR) is 106 cm³/mol. The molecule has 148 valence electrons. The van der Waals surface area contributed by atoms with Crippen LogP contribution in [-0.2, 0) is 19.1 Å². The molecule has 0 bridgehead atoms. The van der Waals surface area contributed by atoms with Crippen LogP contribution in [-0.4, -0.2) is 41.6 Å². The summed E-state index contributed by atoms with van der Waals surface area (Å²) >= 11 is 0. The number of allylic oxidation sites excluding steroid dienone is 3. The van der Waals surface area contributed by atoms with Crippen molar-refractivity contribution in [2.24, 2.45) is 5.92 Å². The fourth-order valence-corrected chi connectivity index (χ4v) is 3.35. The van der Waals surface area contributed by atoms with E-state index in [1.165, 1.54) is 6.08 Å². The number of likely N-dealkylation sites (tertiary alicyclic amines) is 1. The molecule has 0 aromatic rings. The summed E-state index contributed by atoms with van der Waals surface area (Å²) in [5, 5.41) is 0. The van der Waals surface area contributed by atoms with E-state index in [-0.39, 0.29) is 11.9 Å². The maximum absolute atomic E-state index is 12.4. The van der Waals surface area contributed by atoms with Gasteiger partial charge in [0.25, 0.3) is 0 Å². The number of ether oxygens (including phenoxy) is 2. The summed E-state index contributed by atoms with van der Waals surface area (Å²) in [6.07, 6.45) is 10.5. The van der Waals surface area contributed by atoms with E-state index >= 15 is 0 Å². The van der Waals surface area contributed by atoms with E-state index in [4.69, 9.17) is 9.47 Å². The zero-order chi connectivity index (χ0) is 20.0. The number of nitrogens with zero attached hydrogens (tertiary/aromatic N) is 1. The van der Waals surface area contributed by atoms with Gasteiger partial charge in [-0.25, -0.2) is 9.59 Å². The second kappa shape index (κ2) is 9.07. The molecule has 5 nitrogen and oxygen atoms in total. The molecule has 27 heavy (non-hydrogen) atoms. The molecule has 2 aliphatic rings. The topological polar surface area (TPSA) is 55.8 Å². The third-order valence-corrected chi connectivity index (χ3v) is 4.99. The molecule has 0 aliphatic carbocycles. The molecular weight excluding hydrogens is 342 g/mol. The highest BCUT2D eigenvalue weighted by Crippen LogP contribution is 2.38. The van der Waals surface area contributed by atoms with Crippen molar-refractivity contribution >= 4 is 11.9 Å². The molecular formula is C22H31NO4. The summed E-state index contributed by atoms with van der Waals surface area (Å²) in [5.41, 5.74) is 0.787. The maximum Gasteiger partial charge on any atom is 0.333 e.